The van der Waals surface area contributed by atoms with E-state index in [1.54, 1.807) is 10.9 Å². The van der Waals surface area contributed by atoms with Crippen LogP contribution in [0.1, 0.15) is 62.3 Å². The van der Waals surface area contributed by atoms with Gasteiger partial charge in [-0.15, -0.1) is 0 Å². The lowest BCUT2D eigenvalue weighted by Gasteiger charge is -2.14. The zero-order valence-electron chi connectivity index (χ0n) is 20.8. The Bertz CT molecular complexity index is 867. The summed E-state index contributed by atoms with van der Waals surface area (Å²) in [5, 5.41) is 8.02. The molecule has 1 aromatic carbocycles. The summed E-state index contributed by atoms with van der Waals surface area (Å²) in [4.78, 5) is 4.67. The zero-order valence-corrected chi connectivity index (χ0v) is 20.8. The largest absolute Gasteiger partial charge is 0.493 e. The number of oxime groups is 1. The summed E-state index contributed by atoms with van der Waals surface area (Å²) in [6, 6.07) is 5.96. The van der Waals surface area contributed by atoms with Gasteiger partial charge in [-0.05, 0) is 56.9 Å². The first-order valence-corrected chi connectivity index (χ1v) is 11.8. The molecule has 0 saturated carbocycles. The van der Waals surface area contributed by atoms with Crippen molar-refractivity contribution in [3.05, 3.63) is 47.2 Å². The Labute approximate surface area is 198 Å². The van der Waals surface area contributed by atoms with E-state index in [0.717, 1.165) is 60.1 Å². The van der Waals surface area contributed by atoms with Crippen molar-refractivity contribution in [2.24, 2.45) is 12.2 Å². The second-order valence-electron chi connectivity index (χ2n) is 8.03. The molecule has 182 valence electrons. The van der Waals surface area contributed by atoms with E-state index in [1.165, 1.54) is 26.4 Å². The van der Waals surface area contributed by atoms with Gasteiger partial charge in [0.25, 0.3) is 0 Å². The smallest absolute Gasteiger partial charge is 0.212 e. The first kappa shape index (κ1) is 26.3. The summed E-state index contributed by atoms with van der Waals surface area (Å²) >= 11 is 0. The molecule has 0 aliphatic rings. The molecular weight excluding hydrogens is 418 g/mol. The second kappa shape index (κ2) is 15.0. The maximum atomic E-state index is 6.07. The van der Waals surface area contributed by atoms with E-state index in [9.17, 15) is 0 Å². The highest BCUT2D eigenvalue weighted by molar-refractivity contribution is 5.76. The van der Waals surface area contributed by atoms with Gasteiger partial charge in [0.15, 0.2) is 0 Å². The number of allylic oxidation sites excluding steroid dienone is 1. The number of nitrogens with zero attached hydrogens (tertiary/aromatic N) is 3. The number of hydrogen-bond acceptors (Lipinski definition) is 6. The van der Waals surface area contributed by atoms with Gasteiger partial charge in [-0.2, -0.15) is 5.10 Å². The average Bonchev–Trinajstić information content (AvgIpc) is 3.14. The lowest BCUT2D eigenvalue weighted by Crippen LogP contribution is -2.03. The Hall–Kier alpha value is -2.96. The molecule has 0 saturated heterocycles. The molecule has 0 radical (unpaired) electrons. The third-order valence-electron chi connectivity index (χ3n) is 5.20. The van der Waals surface area contributed by atoms with Crippen molar-refractivity contribution in [2.45, 2.75) is 59.3 Å². The molecule has 0 spiro atoms. The average molecular weight is 458 g/mol. The SMILES string of the molecule is C/C=C/COc1cc(C)c(OCCCCCCCCOc2cc(/C=N/OC)nn2C)c(C)c1. The predicted octanol–water partition coefficient (Wildman–Crippen LogP) is 5.77. The van der Waals surface area contributed by atoms with Crippen molar-refractivity contribution in [3.8, 4) is 17.4 Å². The molecule has 0 unspecified atom stereocenters. The van der Waals surface area contributed by atoms with Gasteiger partial charge < -0.3 is 19.0 Å². The van der Waals surface area contributed by atoms with E-state index in [0.29, 0.717) is 13.2 Å². The molecule has 0 aliphatic heterocycles. The lowest BCUT2D eigenvalue weighted by atomic mass is 10.1. The van der Waals surface area contributed by atoms with Gasteiger partial charge in [0, 0.05) is 13.1 Å². The van der Waals surface area contributed by atoms with Crippen LogP contribution in [-0.2, 0) is 11.9 Å². The lowest BCUT2D eigenvalue weighted by molar-refractivity contribution is 0.215. The first-order chi connectivity index (χ1) is 16.0. The van der Waals surface area contributed by atoms with Crippen molar-refractivity contribution in [2.75, 3.05) is 26.9 Å². The van der Waals surface area contributed by atoms with Crippen LogP contribution in [0.3, 0.4) is 0 Å². The molecule has 2 rings (SSSR count). The van der Waals surface area contributed by atoms with Gasteiger partial charge >= 0.3 is 0 Å². The summed E-state index contributed by atoms with van der Waals surface area (Å²) in [5.74, 6) is 2.62. The number of ether oxygens (including phenoxy) is 3. The molecule has 0 atom stereocenters. The van der Waals surface area contributed by atoms with Crippen molar-refractivity contribution in [1.82, 2.24) is 9.78 Å². The molecule has 0 fully saturated rings. The Balaban J connectivity index is 1.55. The summed E-state index contributed by atoms with van der Waals surface area (Å²) in [6.07, 6.45) is 12.4. The molecule has 7 heteroatoms. The highest BCUT2D eigenvalue weighted by atomic mass is 16.6. The number of rotatable bonds is 16. The van der Waals surface area contributed by atoms with E-state index in [4.69, 9.17) is 14.2 Å². The van der Waals surface area contributed by atoms with Gasteiger partial charge in [0.1, 0.15) is 30.9 Å². The van der Waals surface area contributed by atoms with Crippen molar-refractivity contribution >= 4 is 6.21 Å². The number of aromatic nitrogens is 2. The van der Waals surface area contributed by atoms with Crippen molar-refractivity contribution in [3.63, 3.8) is 0 Å². The minimum Gasteiger partial charge on any atom is -0.493 e. The quantitative estimate of drug-likeness (QED) is 0.139. The van der Waals surface area contributed by atoms with Crippen LogP contribution < -0.4 is 14.2 Å². The van der Waals surface area contributed by atoms with E-state index in [1.807, 2.05) is 44.3 Å². The maximum Gasteiger partial charge on any atom is 0.212 e. The molecule has 0 bridgehead atoms. The summed E-state index contributed by atoms with van der Waals surface area (Å²) in [5.41, 5.74) is 2.96. The topological polar surface area (TPSA) is 67.1 Å². The van der Waals surface area contributed by atoms with E-state index < -0.39 is 0 Å². The minimum atomic E-state index is 0.593. The standard InChI is InChI=1S/C26H39N3O4/c1-6-7-14-31-24-17-21(2)26(22(3)18-24)33-16-13-11-9-8-10-12-15-32-25-19-23(20-27-30-5)28-29(25)4/h6-7,17-20H,8-16H2,1-5H3/b7-6+,27-20+. The molecule has 1 aromatic heterocycles. The fourth-order valence-electron chi connectivity index (χ4n) is 3.50. The fraction of sp³-hybridized carbons (Fsp3) is 0.538. The Morgan fingerprint density at radius 2 is 1.55 bits per heavy atom. The van der Waals surface area contributed by atoms with Crippen LogP contribution in [0.2, 0.25) is 0 Å². The third-order valence-corrected chi connectivity index (χ3v) is 5.20. The highest BCUT2D eigenvalue weighted by Crippen LogP contribution is 2.28. The Kier molecular flexibility index (Phi) is 11.9. The van der Waals surface area contributed by atoms with E-state index >= 15 is 0 Å². The normalized spacial score (nSPS) is 11.4. The van der Waals surface area contributed by atoms with Crippen LogP contribution in [-0.4, -0.2) is 42.9 Å². The van der Waals surface area contributed by atoms with E-state index in [-0.39, 0.29) is 0 Å². The van der Waals surface area contributed by atoms with Crippen LogP contribution in [0.15, 0.2) is 35.5 Å². The number of aryl methyl sites for hydroxylation is 3. The van der Waals surface area contributed by atoms with Gasteiger partial charge in [-0.1, -0.05) is 43.0 Å². The molecule has 1 heterocycles. The van der Waals surface area contributed by atoms with Crippen LogP contribution >= 0.6 is 0 Å². The van der Waals surface area contributed by atoms with E-state index in [2.05, 4.69) is 28.9 Å². The summed E-state index contributed by atoms with van der Waals surface area (Å²) in [6.45, 7) is 8.18. The van der Waals surface area contributed by atoms with Gasteiger partial charge in [-0.3, -0.25) is 0 Å². The molecule has 0 amide bonds. The van der Waals surface area contributed by atoms with Crippen LogP contribution in [0.4, 0.5) is 0 Å². The maximum absolute atomic E-state index is 6.07. The molecular formula is C26H39N3O4. The molecule has 0 aliphatic carbocycles. The number of unbranched alkanes of at least 4 members (excludes halogenated alkanes) is 5. The van der Waals surface area contributed by atoms with Crippen LogP contribution in [0.5, 0.6) is 17.4 Å². The Morgan fingerprint density at radius 1 is 0.909 bits per heavy atom. The number of benzene rings is 1. The van der Waals surface area contributed by atoms with Crippen molar-refractivity contribution in [1.29, 1.82) is 0 Å². The second-order valence-corrected chi connectivity index (χ2v) is 8.03. The first-order valence-electron chi connectivity index (χ1n) is 11.8. The summed E-state index contributed by atoms with van der Waals surface area (Å²) in [7, 11) is 3.37. The van der Waals surface area contributed by atoms with Gasteiger partial charge in [0.2, 0.25) is 5.88 Å². The Morgan fingerprint density at radius 3 is 2.18 bits per heavy atom. The zero-order chi connectivity index (χ0) is 23.9. The van der Waals surface area contributed by atoms with Gasteiger partial charge in [0.05, 0.1) is 19.4 Å². The minimum absolute atomic E-state index is 0.593. The third kappa shape index (κ3) is 9.60. The monoisotopic (exact) mass is 457 g/mol. The van der Waals surface area contributed by atoms with Gasteiger partial charge in [-0.25, -0.2) is 4.68 Å². The molecule has 33 heavy (non-hydrogen) atoms. The fourth-order valence-corrected chi connectivity index (χ4v) is 3.50. The highest BCUT2D eigenvalue weighted by Gasteiger charge is 2.07. The molecule has 0 N–H and O–H groups in total. The van der Waals surface area contributed by atoms with Crippen molar-refractivity contribution < 1.29 is 19.0 Å². The number of hydrogen-bond donors (Lipinski definition) is 0. The molecule has 2 aromatic rings. The summed E-state index contributed by atoms with van der Waals surface area (Å²) < 4.78 is 19.3. The predicted molar refractivity (Wildman–Crippen MR) is 133 cm³/mol. The van der Waals surface area contributed by atoms with Crippen LogP contribution in [0.25, 0.3) is 0 Å². The van der Waals surface area contributed by atoms with Crippen LogP contribution in [0, 0.1) is 13.8 Å². The molecule has 7 nitrogen and oxygen atoms in total.